The molecule has 0 N–H and O–H groups in total. The molecule has 0 atom stereocenters. The van der Waals surface area contributed by atoms with Crippen molar-refractivity contribution in [2.75, 3.05) is 25.0 Å². The third-order valence-corrected chi connectivity index (χ3v) is 2.82. The first kappa shape index (κ1) is 16.3. The second-order valence-corrected chi connectivity index (χ2v) is 4.39. The molecule has 1 rings (SSSR count). The van der Waals surface area contributed by atoms with Crippen LogP contribution in [-0.4, -0.2) is 30.9 Å². The number of nitriles is 1. The van der Waals surface area contributed by atoms with Gasteiger partial charge < -0.3 is 9.80 Å². The number of rotatable bonds is 7. The van der Waals surface area contributed by atoms with Crippen LogP contribution in [-0.2, 0) is 4.79 Å². The van der Waals surface area contributed by atoms with Gasteiger partial charge in [0.2, 0.25) is 0 Å². The van der Waals surface area contributed by atoms with Gasteiger partial charge >= 0.3 is 0 Å². The van der Waals surface area contributed by atoms with E-state index in [-0.39, 0.29) is 11.5 Å². The third kappa shape index (κ3) is 4.66. The Morgan fingerprint density at radius 1 is 1.24 bits per heavy atom. The van der Waals surface area contributed by atoms with Gasteiger partial charge in [-0.2, -0.15) is 5.26 Å². The Morgan fingerprint density at radius 2 is 1.81 bits per heavy atom. The molecule has 0 aliphatic carbocycles. The highest BCUT2D eigenvalue weighted by molar-refractivity contribution is 5.97. The molecule has 0 aliphatic rings. The minimum absolute atomic E-state index is 0.0741. The van der Waals surface area contributed by atoms with Crippen molar-refractivity contribution in [1.82, 2.24) is 4.90 Å². The molecule has 1 aromatic carbocycles. The van der Waals surface area contributed by atoms with E-state index in [1.165, 1.54) is 11.1 Å². The summed E-state index contributed by atoms with van der Waals surface area (Å²) in [6.07, 6.45) is 4.78. The minimum Gasteiger partial charge on any atom is -0.350 e. The van der Waals surface area contributed by atoms with Crippen molar-refractivity contribution in [3.63, 3.8) is 0 Å². The molecule has 0 unspecified atom stereocenters. The van der Waals surface area contributed by atoms with Crippen LogP contribution < -0.4 is 4.90 Å². The predicted molar refractivity (Wildman–Crippen MR) is 85.5 cm³/mol. The molecule has 0 saturated heterocycles. The Kier molecular flexibility index (Phi) is 6.49. The second-order valence-electron chi connectivity index (χ2n) is 4.39. The van der Waals surface area contributed by atoms with Gasteiger partial charge in [0.1, 0.15) is 11.6 Å². The van der Waals surface area contributed by atoms with Gasteiger partial charge in [0.25, 0.3) is 5.91 Å². The van der Waals surface area contributed by atoms with Crippen LogP contribution in [0.1, 0.15) is 0 Å². The summed E-state index contributed by atoms with van der Waals surface area (Å²) in [5.74, 6) is -0.333. The van der Waals surface area contributed by atoms with E-state index in [0.717, 1.165) is 5.69 Å². The van der Waals surface area contributed by atoms with Crippen molar-refractivity contribution in [1.29, 1.82) is 5.26 Å². The van der Waals surface area contributed by atoms with Crippen LogP contribution in [0.2, 0.25) is 0 Å². The maximum atomic E-state index is 12.3. The lowest BCUT2D eigenvalue weighted by atomic mass is 10.2. The van der Waals surface area contributed by atoms with Crippen LogP contribution in [0.5, 0.6) is 0 Å². The molecule has 0 radical (unpaired) electrons. The standard InChI is InChI=1S/C17H19N3O/c1-4-11-20(12-5-2)17(21)15(13-18)14-19(3)16-9-7-6-8-10-16/h4-10,14H,1-2,11-12H2,3H3/b15-14-. The van der Waals surface area contributed by atoms with Gasteiger partial charge in [0.15, 0.2) is 0 Å². The number of anilines is 1. The van der Waals surface area contributed by atoms with Crippen molar-refractivity contribution in [2.24, 2.45) is 0 Å². The molecule has 4 nitrogen and oxygen atoms in total. The molecule has 0 aromatic heterocycles. The van der Waals surface area contributed by atoms with E-state index in [2.05, 4.69) is 13.2 Å². The number of hydrogen-bond donors (Lipinski definition) is 0. The van der Waals surface area contributed by atoms with Gasteiger partial charge in [-0.15, -0.1) is 13.2 Å². The molecule has 0 spiro atoms. The lowest BCUT2D eigenvalue weighted by Crippen LogP contribution is -2.32. The lowest BCUT2D eigenvalue weighted by molar-refractivity contribution is -0.125. The molecule has 0 saturated carbocycles. The van der Waals surface area contributed by atoms with Crippen LogP contribution >= 0.6 is 0 Å². The average Bonchev–Trinajstić information content (AvgIpc) is 2.52. The summed E-state index contributed by atoms with van der Waals surface area (Å²) in [5.41, 5.74) is 0.974. The average molecular weight is 281 g/mol. The summed E-state index contributed by atoms with van der Waals surface area (Å²) >= 11 is 0. The molecular formula is C17H19N3O. The monoisotopic (exact) mass is 281 g/mol. The van der Waals surface area contributed by atoms with Crippen LogP contribution in [0.25, 0.3) is 0 Å². The Labute approximate surface area is 125 Å². The van der Waals surface area contributed by atoms with Gasteiger partial charge in [-0.3, -0.25) is 4.79 Å². The van der Waals surface area contributed by atoms with E-state index < -0.39 is 0 Å². The first-order valence-electron chi connectivity index (χ1n) is 6.55. The predicted octanol–water partition coefficient (Wildman–Crippen LogP) is 2.73. The van der Waals surface area contributed by atoms with E-state index in [4.69, 9.17) is 0 Å². The zero-order valence-electron chi connectivity index (χ0n) is 12.2. The fourth-order valence-electron chi connectivity index (χ4n) is 1.79. The highest BCUT2D eigenvalue weighted by Gasteiger charge is 2.16. The lowest BCUT2D eigenvalue weighted by Gasteiger charge is -2.20. The first-order valence-corrected chi connectivity index (χ1v) is 6.55. The number of nitrogens with zero attached hydrogens (tertiary/aromatic N) is 3. The van der Waals surface area contributed by atoms with Crippen LogP contribution in [0, 0.1) is 11.3 Å². The first-order chi connectivity index (χ1) is 10.1. The number of para-hydroxylation sites is 1. The molecule has 4 heteroatoms. The van der Waals surface area contributed by atoms with Crippen LogP contribution in [0.4, 0.5) is 5.69 Å². The van der Waals surface area contributed by atoms with Crippen LogP contribution in [0.3, 0.4) is 0 Å². The van der Waals surface area contributed by atoms with Crippen molar-refractivity contribution < 1.29 is 4.79 Å². The molecule has 21 heavy (non-hydrogen) atoms. The molecular weight excluding hydrogens is 262 g/mol. The SMILES string of the molecule is C=CCN(CC=C)C(=O)/C(C#N)=C\N(C)c1ccccc1. The van der Waals surface area contributed by atoms with Crippen molar-refractivity contribution in [3.8, 4) is 6.07 Å². The summed E-state index contributed by atoms with van der Waals surface area (Å²) in [7, 11) is 1.80. The van der Waals surface area contributed by atoms with E-state index in [1.54, 1.807) is 24.1 Å². The normalized spacial score (nSPS) is 10.4. The van der Waals surface area contributed by atoms with E-state index >= 15 is 0 Å². The van der Waals surface area contributed by atoms with Gasteiger partial charge in [-0.25, -0.2) is 0 Å². The number of amides is 1. The quantitative estimate of drug-likeness (QED) is 0.438. The molecule has 0 fully saturated rings. The van der Waals surface area contributed by atoms with E-state index in [9.17, 15) is 10.1 Å². The van der Waals surface area contributed by atoms with Gasteiger partial charge in [-0.05, 0) is 12.1 Å². The summed E-state index contributed by atoms with van der Waals surface area (Å²) in [6, 6.07) is 11.5. The Bertz CT molecular complexity index is 559. The van der Waals surface area contributed by atoms with E-state index in [0.29, 0.717) is 13.1 Å². The number of benzene rings is 1. The van der Waals surface area contributed by atoms with E-state index in [1.807, 2.05) is 36.4 Å². The Balaban J connectivity index is 2.97. The maximum absolute atomic E-state index is 12.3. The minimum atomic E-state index is -0.333. The summed E-state index contributed by atoms with van der Waals surface area (Å²) in [5, 5.41) is 9.23. The highest BCUT2D eigenvalue weighted by Crippen LogP contribution is 2.13. The van der Waals surface area contributed by atoms with Crippen molar-refractivity contribution in [2.45, 2.75) is 0 Å². The van der Waals surface area contributed by atoms with Gasteiger partial charge in [0, 0.05) is 32.0 Å². The number of carbonyl (C=O) groups excluding carboxylic acids is 1. The zero-order valence-corrected chi connectivity index (χ0v) is 12.2. The summed E-state index contributed by atoms with van der Waals surface area (Å²) < 4.78 is 0. The third-order valence-electron chi connectivity index (χ3n) is 2.82. The van der Waals surface area contributed by atoms with Crippen molar-refractivity contribution >= 4 is 11.6 Å². The molecule has 1 aromatic rings. The largest absolute Gasteiger partial charge is 0.350 e. The number of carbonyl (C=O) groups is 1. The Hall–Kier alpha value is -2.80. The highest BCUT2D eigenvalue weighted by atomic mass is 16.2. The Morgan fingerprint density at radius 3 is 2.29 bits per heavy atom. The summed E-state index contributed by atoms with van der Waals surface area (Å²) in [6.45, 7) is 7.98. The molecule has 0 heterocycles. The topological polar surface area (TPSA) is 47.3 Å². The molecule has 0 aliphatic heterocycles. The fraction of sp³-hybridized carbons (Fsp3) is 0.176. The fourth-order valence-corrected chi connectivity index (χ4v) is 1.79. The molecule has 1 amide bonds. The zero-order chi connectivity index (χ0) is 15.7. The smallest absolute Gasteiger partial charge is 0.266 e. The number of hydrogen-bond acceptors (Lipinski definition) is 3. The van der Waals surface area contributed by atoms with Gasteiger partial charge in [-0.1, -0.05) is 30.4 Å². The molecule has 108 valence electrons. The van der Waals surface area contributed by atoms with Gasteiger partial charge in [0.05, 0.1) is 0 Å². The van der Waals surface area contributed by atoms with Crippen molar-refractivity contribution in [3.05, 3.63) is 67.4 Å². The molecule has 0 bridgehead atoms. The van der Waals surface area contributed by atoms with Crippen LogP contribution in [0.15, 0.2) is 67.4 Å². The summed E-state index contributed by atoms with van der Waals surface area (Å²) in [4.78, 5) is 15.6. The maximum Gasteiger partial charge on any atom is 0.266 e. The second kappa shape index (κ2) is 8.39.